The van der Waals surface area contributed by atoms with Gasteiger partial charge in [-0.1, -0.05) is 0 Å². The number of nitrogens with zero attached hydrogens (tertiary/aromatic N) is 1. The number of pyridine rings is 1. The summed E-state index contributed by atoms with van der Waals surface area (Å²) in [6.45, 7) is 1.64. The average Bonchev–Trinajstić information content (AvgIpc) is 2.29. The first kappa shape index (κ1) is 12.1. The highest BCUT2D eigenvalue weighted by atomic mass is 19.1. The van der Waals surface area contributed by atoms with Gasteiger partial charge in [0.2, 0.25) is 5.88 Å². The summed E-state index contributed by atoms with van der Waals surface area (Å²) >= 11 is 0. The SMILES string of the molecule is Cc1cn(O)c(Oc2ccc(F)cc2F)cc1=N. The monoisotopic (exact) mass is 252 g/mol. The molecule has 0 aliphatic carbocycles. The highest BCUT2D eigenvalue weighted by Gasteiger charge is 2.09. The Morgan fingerprint density at radius 1 is 1.28 bits per heavy atom. The molecule has 4 nitrogen and oxygen atoms in total. The third-order valence-electron chi connectivity index (χ3n) is 2.34. The number of hydrogen-bond acceptors (Lipinski definition) is 3. The van der Waals surface area contributed by atoms with Crippen molar-refractivity contribution < 1.29 is 18.7 Å². The molecule has 0 atom stereocenters. The van der Waals surface area contributed by atoms with Crippen LogP contribution in [-0.2, 0) is 0 Å². The third-order valence-corrected chi connectivity index (χ3v) is 2.34. The molecule has 6 heteroatoms. The van der Waals surface area contributed by atoms with Gasteiger partial charge in [-0.05, 0) is 24.6 Å². The van der Waals surface area contributed by atoms with Crippen molar-refractivity contribution in [3.63, 3.8) is 0 Å². The Balaban J connectivity index is 2.40. The van der Waals surface area contributed by atoms with Crippen molar-refractivity contribution in [2.45, 2.75) is 6.92 Å². The summed E-state index contributed by atoms with van der Waals surface area (Å²) in [7, 11) is 0. The van der Waals surface area contributed by atoms with Crippen LogP contribution in [0.3, 0.4) is 0 Å². The van der Waals surface area contributed by atoms with Gasteiger partial charge in [-0.25, -0.2) is 8.78 Å². The molecule has 2 rings (SSSR count). The lowest BCUT2D eigenvalue weighted by molar-refractivity contribution is 0.154. The zero-order valence-electron chi connectivity index (χ0n) is 9.45. The highest BCUT2D eigenvalue weighted by Crippen LogP contribution is 2.23. The number of aromatic nitrogens is 1. The molecule has 94 valence electrons. The lowest BCUT2D eigenvalue weighted by Gasteiger charge is -2.10. The predicted octanol–water partition coefficient (Wildman–Crippen LogP) is 2.58. The molecule has 0 unspecified atom stereocenters. The molecular weight excluding hydrogens is 242 g/mol. The summed E-state index contributed by atoms with van der Waals surface area (Å²) in [6.07, 6.45) is 1.26. The standard InChI is InChI=1S/C12H10F2N2O2/c1-7-6-16(17)12(5-10(7)15)18-11-3-2-8(13)4-9(11)14/h2-6,15,17H,1H3. The second kappa shape index (κ2) is 4.48. The molecule has 2 N–H and O–H groups in total. The van der Waals surface area contributed by atoms with Gasteiger partial charge in [0.1, 0.15) is 5.82 Å². The number of nitrogens with one attached hydrogen (secondary N) is 1. The van der Waals surface area contributed by atoms with E-state index in [9.17, 15) is 14.0 Å². The lowest BCUT2D eigenvalue weighted by Crippen LogP contribution is -2.10. The van der Waals surface area contributed by atoms with E-state index in [1.54, 1.807) is 6.92 Å². The Morgan fingerprint density at radius 3 is 2.67 bits per heavy atom. The van der Waals surface area contributed by atoms with Crippen LogP contribution in [0.5, 0.6) is 11.6 Å². The van der Waals surface area contributed by atoms with Crippen molar-refractivity contribution in [3.05, 3.63) is 53.0 Å². The first-order chi connectivity index (χ1) is 8.47. The Labute approximate surface area is 101 Å². The molecular formula is C12H10F2N2O2. The van der Waals surface area contributed by atoms with Gasteiger partial charge < -0.3 is 15.4 Å². The van der Waals surface area contributed by atoms with Crippen LogP contribution in [0.2, 0.25) is 0 Å². The van der Waals surface area contributed by atoms with E-state index in [1.807, 2.05) is 0 Å². The van der Waals surface area contributed by atoms with Crippen molar-refractivity contribution in [3.8, 4) is 11.6 Å². The van der Waals surface area contributed by atoms with Gasteiger partial charge in [0, 0.05) is 12.1 Å². The molecule has 18 heavy (non-hydrogen) atoms. The molecule has 0 fully saturated rings. The second-order valence-electron chi connectivity index (χ2n) is 3.73. The Morgan fingerprint density at radius 2 is 2.00 bits per heavy atom. The minimum Gasteiger partial charge on any atom is -0.435 e. The van der Waals surface area contributed by atoms with Gasteiger partial charge in [0.15, 0.2) is 11.6 Å². The normalized spacial score (nSPS) is 10.4. The topological polar surface area (TPSA) is 58.2 Å². The molecule has 0 aliphatic heterocycles. The molecule has 0 saturated heterocycles. The molecule has 0 aliphatic rings. The molecule has 1 aromatic heterocycles. The Bertz CT molecular complexity index is 653. The smallest absolute Gasteiger partial charge is 0.234 e. The summed E-state index contributed by atoms with van der Waals surface area (Å²) in [4.78, 5) is 0. The maximum Gasteiger partial charge on any atom is 0.234 e. The minimum absolute atomic E-state index is 0.129. The number of ether oxygens (including phenoxy) is 1. The van der Waals surface area contributed by atoms with Crippen molar-refractivity contribution in [2.75, 3.05) is 0 Å². The molecule has 1 aromatic carbocycles. The van der Waals surface area contributed by atoms with Crippen LogP contribution in [0, 0.1) is 24.0 Å². The number of rotatable bonds is 2. The third kappa shape index (κ3) is 2.32. The van der Waals surface area contributed by atoms with E-state index in [4.69, 9.17) is 10.1 Å². The van der Waals surface area contributed by atoms with Gasteiger partial charge in [-0.15, -0.1) is 0 Å². The zero-order valence-corrected chi connectivity index (χ0v) is 9.45. The highest BCUT2D eigenvalue weighted by molar-refractivity contribution is 5.29. The molecule has 0 radical (unpaired) electrons. The Kier molecular flexibility index (Phi) is 3.01. The van der Waals surface area contributed by atoms with Crippen molar-refractivity contribution in [2.24, 2.45) is 0 Å². The van der Waals surface area contributed by atoms with Gasteiger partial charge in [0.05, 0.1) is 11.6 Å². The van der Waals surface area contributed by atoms with Crippen LogP contribution < -0.4 is 10.1 Å². The van der Waals surface area contributed by atoms with Crippen molar-refractivity contribution in [1.82, 2.24) is 4.73 Å². The van der Waals surface area contributed by atoms with Crippen molar-refractivity contribution in [1.29, 1.82) is 5.41 Å². The number of benzene rings is 1. The van der Waals surface area contributed by atoms with Crippen LogP contribution in [0.25, 0.3) is 0 Å². The number of halogens is 2. The average molecular weight is 252 g/mol. The van der Waals surface area contributed by atoms with Crippen LogP contribution in [-0.4, -0.2) is 9.94 Å². The van der Waals surface area contributed by atoms with Crippen LogP contribution in [0.15, 0.2) is 30.5 Å². The first-order valence-corrected chi connectivity index (χ1v) is 5.07. The largest absolute Gasteiger partial charge is 0.435 e. The van der Waals surface area contributed by atoms with E-state index in [0.717, 1.165) is 12.1 Å². The maximum atomic E-state index is 13.3. The van der Waals surface area contributed by atoms with Gasteiger partial charge >= 0.3 is 0 Å². The second-order valence-corrected chi connectivity index (χ2v) is 3.73. The fourth-order valence-corrected chi connectivity index (χ4v) is 1.37. The van der Waals surface area contributed by atoms with Crippen LogP contribution >= 0.6 is 0 Å². The summed E-state index contributed by atoms with van der Waals surface area (Å²) < 4.78 is 31.8. The summed E-state index contributed by atoms with van der Waals surface area (Å²) in [5.74, 6) is -1.97. The van der Waals surface area contributed by atoms with Crippen LogP contribution in [0.1, 0.15) is 5.56 Å². The Hall–Kier alpha value is -2.37. The summed E-state index contributed by atoms with van der Waals surface area (Å²) in [5, 5.41) is 17.2. The molecule has 1 heterocycles. The quantitative estimate of drug-likeness (QED) is 0.807. The number of aryl methyl sites for hydroxylation is 1. The lowest BCUT2D eigenvalue weighted by atomic mass is 10.3. The van der Waals surface area contributed by atoms with E-state index < -0.39 is 11.6 Å². The molecule has 2 aromatic rings. The van der Waals surface area contributed by atoms with Crippen LogP contribution in [0.4, 0.5) is 8.78 Å². The maximum absolute atomic E-state index is 13.3. The fraction of sp³-hybridized carbons (Fsp3) is 0.0833. The molecule has 0 amide bonds. The zero-order chi connectivity index (χ0) is 13.3. The minimum atomic E-state index is -0.887. The van der Waals surface area contributed by atoms with E-state index in [1.165, 1.54) is 12.3 Å². The van der Waals surface area contributed by atoms with Crippen molar-refractivity contribution >= 4 is 0 Å². The van der Waals surface area contributed by atoms with E-state index in [0.29, 0.717) is 16.4 Å². The van der Waals surface area contributed by atoms with Gasteiger partial charge in [0.25, 0.3) is 0 Å². The molecule has 0 bridgehead atoms. The first-order valence-electron chi connectivity index (χ1n) is 5.07. The van der Waals surface area contributed by atoms with E-state index >= 15 is 0 Å². The number of hydrogen-bond donors (Lipinski definition) is 2. The fourth-order valence-electron chi connectivity index (χ4n) is 1.37. The van der Waals surface area contributed by atoms with Gasteiger partial charge in [-0.2, -0.15) is 4.73 Å². The van der Waals surface area contributed by atoms with Gasteiger partial charge in [-0.3, -0.25) is 0 Å². The molecule has 0 spiro atoms. The van der Waals surface area contributed by atoms with E-state index in [-0.39, 0.29) is 17.0 Å². The van der Waals surface area contributed by atoms with E-state index in [2.05, 4.69) is 0 Å². The predicted molar refractivity (Wildman–Crippen MR) is 58.6 cm³/mol. The summed E-state index contributed by atoms with van der Waals surface area (Å²) in [5.41, 5.74) is 0.532. The summed E-state index contributed by atoms with van der Waals surface area (Å²) in [6, 6.07) is 4.05. The molecule has 0 saturated carbocycles.